The average Bonchev–Trinajstić information content (AvgIpc) is 2.39. The molecule has 0 unspecified atom stereocenters. The van der Waals surface area contributed by atoms with E-state index in [1.54, 1.807) is 19.0 Å². The Morgan fingerprint density at radius 2 is 1.95 bits per heavy atom. The van der Waals surface area contributed by atoms with E-state index in [4.69, 9.17) is 9.47 Å². The fraction of sp³-hybridized carbons (Fsp3) is 0.500. The largest absolute Gasteiger partial charge is 0.486 e. The second-order valence-corrected chi connectivity index (χ2v) is 4.70. The van der Waals surface area contributed by atoms with Gasteiger partial charge in [0.1, 0.15) is 13.2 Å². The van der Waals surface area contributed by atoms with Gasteiger partial charge in [-0.15, -0.1) is 0 Å². The van der Waals surface area contributed by atoms with Gasteiger partial charge in [-0.05, 0) is 37.2 Å². The molecule has 1 N–H and O–H groups in total. The van der Waals surface area contributed by atoms with Crippen LogP contribution in [0.5, 0.6) is 11.5 Å². The smallest absolute Gasteiger partial charge is 0.236 e. The summed E-state index contributed by atoms with van der Waals surface area (Å²) in [6.07, 6.45) is 0. The van der Waals surface area contributed by atoms with E-state index in [9.17, 15) is 4.79 Å². The minimum atomic E-state index is 0.0665. The zero-order chi connectivity index (χ0) is 13.8. The monoisotopic (exact) mass is 264 g/mol. The van der Waals surface area contributed by atoms with Crippen LogP contribution in [-0.2, 0) is 11.3 Å². The van der Waals surface area contributed by atoms with Gasteiger partial charge in [-0.2, -0.15) is 0 Å². The van der Waals surface area contributed by atoms with Crippen LogP contribution in [0.1, 0.15) is 11.1 Å². The highest BCUT2D eigenvalue weighted by atomic mass is 16.6. The van der Waals surface area contributed by atoms with Crippen LogP contribution in [0.2, 0.25) is 0 Å². The molecule has 2 rings (SSSR count). The van der Waals surface area contributed by atoms with Crippen LogP contribution in [0.3, 0.4) is 0 Å². The Morgan fingerprint density at radius 1 is 1.32 bits per heavy atom. The molecule has 0 saturated heterocycles. The predicted molar refractivity (Wildman–Crippen MR) is 72.6 cm³/mol. The Labute approximate surface area is 113 Å². The van der Waals surface area contributed by atoms with Crippen molar-refractivity contribution < 1.29 is 14.3 Å². The van der Waals surface area contributed by atoms with Crippen LogP contribution >= 0.6 is 0 Å². The second kappa shape index (κ2) is 5.93. The molecule has 0 aromatic heterocycles. The number of nitrogens with zero attached hydrogens (tertiary/aromatic N) is 1. The van der Waals surface area contributed by atoms with Crippen LogP contribution in [0.25, 0.3) is 0 Å². The Balaban J connectivity index is 2.14. The summed E-state index contributed by atoms with van der Waals surface area (Å²) in [7, 11) is 3.57. The molecule has 0 fully saturated rings. The predicted octanol–water partition coefficient (Wildman–Crippen LogP) is 0.944. The SMILES string of the molecule is CNCC(=O)N(C)Cc1cc2c(cc1C)OCCO2. The van der Waals surface area contributed by atoms with E-state index < -0.39 is 0 Å². The maximum atomic E-state index is 11.8. The summed E-state index contributed by atoms with van der Waals surface area (Å²) in [4.78, 5) is 13.5. The molecule has 1 aromatic rings. The summed E-state index contributed by atoms with van der Waals surface area (Å²) in [6.45, 7) is 4.10. The minimum absolute atomic E-state index is 0.0665. The highest BCUT2D eigenvalue weighted by molar-refractivity contribution is 5.78. The molecule has 1 aromatic carbocycles. The quantitative estimate of drug-likeness (QED) is 0.879. The second-order valence-electron chi connectivity index (χ2n) is 4.70. The van der Waals surface area contributed by atoms with Gasteiger partial charge in [0.2, 0.25) is 5.91 Å². The molecular formula is C14H20N2O3. The van der Waals surface area contributed by atoms with Crippen molar-refractivity contribution in [1.29, 1.82) is 0 Å². The molecule has 1 aliphatic rings. The lowest BCUT2D eigenvalue weighted by molar-refractivity contribution is -0.129. The van der Waals surface area contributed by atoms with Crippen molar-refractivity contribution in [2.75, 3.05) is 33.9 Å². The maximum absolute atomic E-state index is 11.8. The first-order chi connectivity index (χ1) is 9.11. The first-order valence-corrected chi connectivity index (χ1v) is 6.39. The lowest BCUT2D eigenvalue weighted by Crippen LogP contribution is -2.33. The molecule has 1 heterocycles. The van der Waals surface area contributed by atoms with Crippen molar-refractivity contribution in [1.82, 2.24) is 10.2 Å². The lowest BCUT2D eigenvalue weighted by Gasteiger charge is -2.23. The highest BCUT2D eigenvalue weighted by Gasteiger charge is 2.16. The first kappa shape index (κ1) is 13.7. The molecule has 0 aliphatic carbocycles. The van der Waals surface area contributed by atoms with Gasteiger partial charge in [-0.25, -0.2) is 0 Å². The molecule has 0 spiro atoms. The molecule has 0 bridgehead atoms. The molecular weight excluding hydrogens is 244 g/mol. The maximum Gasteiger partial charge on any atom is 0.236 e. The van der Waals surface area contributed by atoms with Gasteiger partial charge in [0, 0.05) is 13.6 Å². The van der Waals surface area contributed by atoms with E-state index in [1.807, 2.05) is 19.1 Å². The number of fused-ring (bicyclic) bond motifs is 1. The van der Waals surface area contributed by atoms with E-state index in [0.717, 1.165) is 22.6 Å². The Bertz CT molecular complexity index is 474. The van der Waals surface area contributed by atoms with E-state index in [-0.39, 0.29) is 5.91 Å². The van der Waals surface area contributed by atoms with Gasteiger partial charge >= 0.3 is 0 Å². The van der Waals surface area contributed by atoms with E-state index in [2.05, 4.69) is 5.32 Å². The summed E-state index contributed by atoms with van der Waals surface area (Å²) in [5.41, 5.74) is 2.18. The normalized spacial score (nSPS) is 13.2. The molecule has 0 atom stereocenters. The van der Waals surface area contributed by atoms with E-state index in [1.165, 1.54) is 0 Å². The summed E-state index contributed by atoms with van der Waals surface area (Å²) in [5, 5.41) is 2.86. The third kappa shape index (κ3) is 3.17. The summed E-state index contributed by atoms with van der Waals surface area (Å²) in [6, 6.07) is 3.94. The zero-order valence-electron chi connectivity index (χ0n) is 11.7. The Kier molecular flexibility index (Phi) is 4.27. The van der Waals surface area contributed by atoms with Crippen molar-refractivity contribution in [2.24, 2.45) is 0 Å². The summed E-state index contributed by atoms with van der Waals surface area (Å²) < 4.78 is 11.1. The Hall–Kier alpha value is -1.75. The molecule has 19 heavy (non-hydrogen) atoms. The number of amides is 1. The standard InChI is InChI=1S/C14H20N2O3/c1-10-6-12-13(19-5-4-18-12)7-11(10)9-16(3)14(17)8-15-2/h6-7,15H,4-5,8-9H2,1-3H3. The number of hydrogen-bond donors (Lipinski definition) is 1. The summed E-state index contributed by atoms with van der Waals surface area (Å²) >= 11 is 0. The van der Waals surface area contributed by atoms with Gasteiger partial charge < -0.3 is 19.7 Å². The molecule has 0 radical (unpaired) electrons. The first-order valence-electron chi connectivity index (χ1n) is 6.39. The van der Waals surface area contributed by atoms with E-state index in [0.29, 0.717) is 26.3 Å². The van der Waals surface area contributed by atoms with Crippen LogP contribution < -0.4 is 14.8 Å². The van der Waals surface area contributed by atoms with Crippen LogP contribution in [0.15, 0.2) is 12.1 Å². The van der Waals surface area contributed by atoms with Crippen molar-refractivity contribution in [3.63, 3.8) is 0 Å². The van der Waals surface area contributed by atoms with Crippen molar-refractivity contribution >= 4 is 5.91 Å². The van der Waals surface area contributed by atoms with Gasteiger partial charge in [0.25, 0.3) is 0 Å². The minimum Gasteiger partial charge on any atom is -0.486 e. The number of ether oxygens (including phenoxy) is 2. The number of aryl methyl sites for hydroxylation is 1. The number of likely N-dealkylation sites (N-methyl/N-ethyl adjacent to an activating group) is 2. The molecule has 1 aliphatic heterocycles. The molecule has 1 amide bonds. The molecule has 5 nitrogen and oxygen atoms in total. The van der Waals surface area contributed by atoms with Crippen LogP contribution in [0, 0.1) is 6.92 Å². The Morgan fingerprint density at radius 3 is 2.58 bits per heavy atom. The third-order valence-corrected chi connectivity index (χ3v) is 3.16. The number of nitrogens with one attached hydrogen (secondary N) is 1. The highest BCUT2D eigenvalue weighted by Crippen LogP contribution is 2.33. The van der Waals surface area contributed by atoms with Crippen molar-refractivity contribution in [3.05, 3.63) is 23.3 Å². The average molecular weight is 264 g/mol. The van der Waals surface area contributed by atoms with Crippen molar-refractivity contribution in [2.45, 2.75) is 13.5 Å². The molecule has 0 saturated carbocycles. The summed E-state index contributed by atoms with van der Waals surface area (Å²) in [5.74, 6) is 1.62. The number of hydrogen-bond acceptors (Lipinski definition) is 4. The number of benzene rings is 1. The van der Waals surface area contributed by atoms with Crippen LogP contribution in [-0.4, -0.2) is 44.7 Å². The van der Waals surface area contributed by atoms with Gasteiger partial charge in [-0.3, -0.25) is 4.79 Å². The topological polar surface area (TPSA) is 50.8 Å². The number of carbonyl (C=O) groups is 1. The van der Waals surface area contributed by atoms with Gasteiger partial charge in [-0.1, -0.05) is 0 Å². The fourth-order valence-corrected chi connectivity index (χ4v) is 2.03. The molecule has 5 heteroatoms. The van der Waals surface area contributed by atoms with Gasteiger partial charge in [0.05, 0.1) is 6.54 Å². The van der Waals surface area contributed by atoms with Gasteiger partial charge in [0.15, 0.2) is 11.5 Å². The van der Waals surface area contributed by atoms with Crippen molar-refractivity contribution in [3.8, 4) is 11.5 Å². The fourth-order valence-electron chi connectivity index (χ4n) is 2.03. The number of rotatable bonds is 4. The molecule has 104 valence electrons. The lowest BCUT2D eigenvalue weighted by atomic mass is 10.1. The zero-order valence-corrected chi connectivity index (χ0v) is 11.7. The van der Waals surface area contributed by atoms with E-state index >= 15 is 0 Å². The van der Waals surface area contributed by atoms with Crippen LogP contribution in [0.4, 0.5) is 0 Å². The third-order valence-electron chi connectivity index (χ3n) is 3.16. The number of carbonyl (C=O) groups excluding carboxylic acids is 1.